The SMILES string of the molecule is COC(=O)/C=C/C(=O)NC[C@@H](N)C(=O)N[C@H](C(=O)O)C(C)C. The molecule has 124 valence electrons. The highest BCUT2D eigenvalue weighted by atomic mass is 16.5. The fourth-order valence-electron chi connectivity index (χ4n) is 1.35. The Hall–Kier alpha value is -2.42. The molecule has 0 heterocycles. The summed E-state index contributed by atoms with van der Waals surface area (Å²) in [6, 6.07) is -2.18. The summed E-state index contributed by atoms with van der Waals surface area (Å²) in [6.45, 7) is 3.08. The third kappa shape index (κ3) is 7.39. The lowest BCUT2D eigenvalue weighted by atomic mass is 10.0. The average molecular weight is 315 g/mol. The van der Waals surface area contributed by atoms with E-state index in [0.29, 0.717) is 0 Å². The topological polar surface area (TPSA) is 148 Å². The van der Waals surface area contributed by atoms with Gasteiger partial charge < -0.3 is 26.2 Å². The minimum atomic E-state index is -1.17. The second kappa shape index (κ2) is 9.50. The molecule has 0 bridgehead atoms. The number of esters is 1. The fraction of sp³-hybridized carbons (Fsp3) is 0.538. The number of methoxy groups -OCH3 is 1. The van der Waals surface area contributed by atoms with E-state index in [-0.39, 0.29) is 12.5 Å². The largest absolute Gasteiger partial charge is 0.480 e. The fourth-order valence-corrected chi connectivity index (χ4v) is 1.35. The van der Waals surface area contributed by atoms with Crippen molar-refractivity contribution in [1.82, 2.24) is 10.6 Å². The van der Waals surface area contributed by atoms with Crippen molar-refractivity contribution in [2.24, 2.45) is 11.7 Å². The predicted molar refractivity (Wildman–Crippen MR) is 76.5 cm³/mol. The molecule has 9 heteroatoms. The lowest BCUT2D eigenvalue weighted by molar-refractivity contribution is -0.143. The number of nitrogens with one attached hydrogen (secondary N) is 2. The minimum Gasteiger partial charge on any atom is -0.480 e. The predicted octanol–water partition coefficient (Wildman–Crippen LogP) is -1.62. The van der Waals surface area contributed by atoms with E-state index in [2.05, 4.69) is 15.4 Å². The monoisotopic (exact) mass is 315 g/mol. The Balaban J connectivity index is 4.37. The maximum absolute atomic E-state index is 11.7. The summed E-state index contributed by atoms with van der Waals surface area (Å²) in [5, 5.41) is 13.6. The van der Waals surface area contributed by atoms with Gasteiger partial charge in [-0.05, 0) is 5.92 Å². The summed E-state index contributed by atoms with van der Waals surface area (Å²) in [6.07, 6.45) is 1.85. The second-order valence-corrected chi connectivity index (χ2v) is 4.78. The van der Waals surface area contributed by atoms with Crippen molar-refractivity contribution in [2.45, 2.75) is 25.9 Å². The van der Waals surface area contributed by atoms with E-state index in [9.17, 15) is 19.2 Å². The summed E-state index contributed by atoms with van der Waals surface area (Å²) >= 11 is 0. The first-order valence-electron chi connectivity index (χ1n) is 6.51. The molecule has 0 rings (SSSR count). The van der Waals surface area contributed by atoms with Gasteiger partial charge in [0.15, 0.2) is 0 Å². The van der Waals surface area contributed by atoms with Gasteiger partial charge in [-0.1, -0.05) is 13.8 Å². The summed E-state index contributed by atoms with van der Waals surface area (Å²) in [5.74, 6) is -3.50. The minimum absolute atomic E-state index is 0.208. The molecule has 2 atom stereocenters. The summed E-state index contributed by atoms with van der Waals surface area (Å²) in [4.78, 5) is 44.8. The number of nitrogens with two attached hydrogens (primary N) is 1. The molecule has 22 heavy (non-hydrogen) atoms. The Morgan fingerprint density at radius 1 is 1.23 bits per heavy atom. The van der Waals surface area contributed by atoms with Gasteiger partial charge in [0.2, 0.25) is 11.8 Å². The maximum Gasteiger partial charge on any atom is 0.330 e. The molecular formula is C13H21N3O6. The van der Waals surface area contributed by atoms with Crippen LogP contribution in [-0.2, 0) is 23.9 Å². The van der Waals surface area contributed by atoms with E-state index in [1.165, 1.54) is 7.11 Å². The molecule has 0 saturated carbocycles. The number of hydrogen-bond donors (Lipinski definition) is 4. The molecule has 0 aliphatic rings. The first-order valence-corrected chi connectivity index (χ1v) is 6.51. The number of ether oxygens (including phenoxy) is 1. The molecule has 5 N–H and O–H groups in total. The molecular weight excluding hydrogens is 294 g/mol. The molecule has 0 aromatic heterocycles. The van der Waals surface area contributed by atoms with Crippen LogP contribution in [0.4, 0.5) is 0 Å². The Morgan fingerprint density at radius 2 is 1.82 bits per heavy atom. The zero-order chi connectivity index (χ0) is 17.3. The number of carbonyl (C=O) groups is 4. The lowest BCUT2D eigenvalue weighted by Crippen LogP contribution is -2.53. The van der Waals surface area contributed by atoms with E-state index in [4.69, 9.17) is 10.8 Å². The van der Waals surface area contributed by atoms with Crippen LogP contribution in [0.5, 0.6) is 0 Å². The van der Waals surface area contributed by atoms with Crippen LogP contribution in [0, 0.1) is 5.92 Å². The number of carboxylic acids is 1. The first-order chi connectivity index (χ1) is 10.2. The summed E-state index contributed by atoms with van der Waals surface area (Å²) < 4.78 is 4.30. The van der Waals surface area contributed by atoms with Gasteiger partial charge in [-0.2, -0.15) is 0 Å². The van der Waals surface area contributed by atoms with Crippen molar-refractivity contribution < 1.29 is 29.0 Å². The zero-order valence-electron chi connectivity index (χ0n) is 12.7. The number of rotatable bonds is 8. The van der Waals surface area contributed by atoms with Crippen molar-refractivity contribution in [2.75, 3.05) is 13.7 Å². The van der Waals surface area contributed by atoms with Gasteiger partial charge in [-0.25, -0.2) is 9.59 Å². The highest BCUT2D eigenvalue weighted by Gasteiger charge is 2.25. The number of hydrogen-bond acceptors (Lipinski definition) is 6. The van der Waals surface area contributed by atoms with Crippen LogP contribution in [0.15, 0.2) is 12.2 Å². The van der Waals surface area contributed by atoms with Gasteiger partial charge in [-0.3, -0.25) is 9.59 Å². The van der Waals surface area contributed by atoms with Crippen LogP contribution in [-0.4, -0.2) is 54.6 Å². The van der Waals surface area contributed by atoms with Crippen LogP contribution < -0.4 is 16.4 Å². The number of carboxylic acid groups (broad SMARTS) is 1. The van der Waals surface area contributed by atoms with Crippen LogP contribution in [0.1, 0.15) is 13.8 Å². The van der Waals surface area contributed by atoms with E-state index in [1.807, 2.05) is 0 Å². The molecule has 0 radical (unpaired) electrons. The molecule has 0 aliphatic carbocycles. The van der Waals surface area contributed by atoms with E-state index >= 15 is 0 Å². The van der Waals surface area contributed by atoms with Crippen molar-refractivity contribution >= 4 is 23.8 Å². The molecule has 0 unspecified atom stereocenters. The van der Waals surface area contributed by atoms with Gasteiger partial charge in [0, 0.05) is 18.7 Å². The molecule has 0 saturated heterocycles. The highest BCUT2D eigenvalue weighted by Crippen LogP contribution is 2.01. The molecule has 0 aromatic carbocycles. The van der Waals surface area contributed by atoms with E-state index in [0.717, 1.165) is 12.2 Å². The molecule has 0 aromatic rings. The third-order valence-electron chi connectivity index (χ3n) is 2.64. The number of aliphatic carboxylic acids is 1. The Bertz CT molecular complexity index is 461. The zero-order valence-corrected chi connectivity index (χ0v) is 12.7. The Kier molecular flexibility index (Phi) is 8.46. The Labute approximate surface area is 127 Å². The van der Waals surface area contributed by atoms with E-state index < -0.39 is 35.8 Å². The lowest BCUT2D eigenvalue weighted by Gasteiger charge is -2.20. The van der Waals surface area contributed by atoms with Gasteiger partial charge >= 0.3 is 11.9 Å². The average Bonchev–Trinajstić information content (AvgIpc) is 2.46. The number of carbonyl (C=O) groups excluding carboxylic acids is 3. The normalized spacial score (nSPS) is 13.5. The Morgan fingerprint density at radius 3 is 2.27 bits per heavy atom. The van der Waals surface area contributed by atoms with Crippen molar-refractivity contribution in [3.05, 3.63) is 12.2 Å². The molecule has 9 nitrogen and oxygen atoms in total. The van der Waals surface area contributed by atoms with Crippen LogP contribution in [0.25, 0.3) is 0 Å². The van der Waals surface area contributed by atoms with Gasteiger partial charge in [0.1, 0.15) is 12.1 Å². The summed E-state index contributed by atoms with van der Waals surface area (Å²) in [5.41, 5.74) is 5.56. The van der Waals surface area contributed by atoms with Crippen molar-refractivity contribution in [3.63, 3.8) is 0 Å². The standard InChI is InChI=1S/C13H21N3O6/c1-7(2)11(13(20)21)16-12(19)8(14)6-15-9(17)4-5-10(18)22-3/h4-5,7-8,11H,6,14H2,1-3H3,(H,15,17)(H,16,19)(H,20,21)/b5-4+/t8-,11+/m1/s1. The summed E-state index contributed by atoms with van der Waals surface area (Å²) in [7, 11) is 1.17. The van der Waals surface area contributed by atoms with Crippen molar-refractivity contribution in [3.8, 4) is 0 Å². The smallest absolute Gasteiger partial charge is 0.330 e. The quantitative estimate of drug-likeness (QED) is 0.311. The third-order valence-corrected chi connectivity index (χ3v) is 2.64. The maximum atomic E-state index is 11.7. The van der Waals surface area contributed by atoms with Crippen LogP contribution >= 0.6 is 0 Å². The van der Waals surface area contributed by atoms with Crippen LogP contribution in [0.2, 0.25) is 0 Å². The number of amides is 2. The van der Waals surface area contributed by atoms with Gasteiger partial charge in [0.25, 0.3) is 0 Å². The molecule has 2 amide bonds. The van der Waals surface area contributed by atoms with Crippen LogP contribution in [0.3, 0.4) is 0 Å². The van der Waals surface area contributed by atoms with E-state index in [1.54, 1.807) is 13.8 Å². The molecule has 0 aliphatic heterocycles. The second-order valence-electron chi connectivity index (χ2n) is 4.78. The first kappa shape index (κ1) is 19.6. The van der Waals surface area contributed by atoms with Crippen molar-refractivity contribution in [1.29, 1.82) is 0 Å². The molecule has 0 fully saturated rings. The molecule has 0 spiro atoms. The van der Waals surface area contributed by atoms with Gasteiger partial charge in [0.05, 0.1) is 7.11 Å². The highest BCUT2D eigenvalue weighted by molar-refractivity contribution is 5.95. The van der Waals surface area contributed by atoms with Gasteiger partial charge in [-0.15, -0.1) is 0 Å².